The van der Waals surface area contributed by atoms with Crippen molar-refractivity contribution in [2.24, 2.45) is 16.8 Å². The lowest BCUT2D eigenvalue weighted by Gasteiger charge is -2.18. The van der Waals surface area contributed by atoms with Gasteiger partial charge in [-0.2, -0.15) is 10.1 Å². The largest absolute Gasteiger partial charge is 0.481 e. The van der Waals surface area contributed by atoms with Gasteiger partial charge in [-0.05, 0) is 67.5 Å². The summed E-state index contributed by atoms with van der Waals surface area (Å²) >= 11 is 0. The molecule has 2 unspecified atom stereocenters. The third-order valence-electron chi connectivity index (χ3n) is 7.79. The molecular formula is C29H30N8O2. The molecule has 1 aromatic carbocycles. The smallest absolute Gasteiger partial charge is 0.245 e. The van der Waals surface area contributed by atoms with Crippen molar-refractivity contribution in [3.8, 4) is 11.3 Å². The third-order valence-corrected chi connectivity index (χ3v) is 7.79. The SMILES string of the molecule is C=CC(=O)N1CC2CC(n3nc(-c4ccc(/C(=N/c5cc(C)ccn5)OC)cc4)c4c(N)ncnc43)CC2C1. The second-order valence-electron chi connectivity index (χ2n) is 10.2. The van der Waals surface area contributed by atoms with Crippen molar-refractivity contribution in [3.05, 3.63) is 72.7 Å². The lowest BCUT2D eigenvalue weighted by Crippen LogP contribution is -2.28. The summed E-state index contributed by atoms with van der Waals surface area (Å²) in [6.07, 6.45) is 6.49. The minimum atomic E-state index is 0.00792. The van der Waals surface area contributed by atoms with E-state index in [1.165, 1.54) is 12.4 Å². The Morgan fingerprint density at radius 1 is 1.13 bits per heavy atom. The molecular weight excluding hydrogens is 492 g/mol. The second kappa shape index (κ2) is 9.94. The van der Waals surface area contributed by atoms with Crippen LogP contribution in [0.5, 0.6) is 0 Å². The van der Waals surface area contributed by atoms with Gasteiger partial charge in [-0.15, -0.1) is 0 Å². The van der Waals surface area contributed by atoms with Gasteiger partial charge in [0.05, 0.1) is 18.5 Å². The van der Waals surface area contributed by atoms with Crippen molar-refractivity contribution in [3.63, 3.8) is 0 Å². The molecule has 4 heterocycles. The highest BCUT2D eigenvalue weighted by molar-refractivity contribution is 6.00. The molecule has 0 spiro atoms. The summed E-state index contributed by atoms with van der Waals surface area (Å²) in [6.45, 7) is 7.15. The van der Waals surface area contributed by atoms with Crippen LogP contribution in [0.4, 0.5) is 11.6 Å². The molecule has 39 heavy (non-hydrogen) atoms. The zero-order valence-electron chi connectivity index (χ0n) is 22.0. The number of pyridine rings is 1. The number of nitrogen functional groups attached to an aromatic ring is 1. The number of carbonyl (C=O) groups excluding carboxylic acids is 1. The second-order valence-corrected chi connectivity index (χ2v) is 10.2. The maximum atomic E-state index is 12.1. The standard InChI is InChI=1S/C29H30N8O2/c1-4-24(38)36-14-20-12-22(13-21(20)15-36)37-28-25(27(30)32-16-33-28)26(35-37)18-5-7-19(8-6-18)29(39-3)34-23-11-17(2)9-10-31-23/h4-11,16,20-22H,1,12-15H2,2-3H3,(H2,30,32,33)/b34-29-. The molecule has 1 aliphatic heterocycles. The molecule has 10 nitrogen and oxygen atoms in total. The number of hydrogen-bond acceptors (Lipinski definition) is 8. The number of anilines is 1. The Morgan fingerprint density at radius 3 is 2.54 bits per heavy atom. The van der Waals surface area contributed by atoms with Crippen LogP contribution < -0.4 is 5.73 Å². The first-order valence-electron chi connectivity index (χ1n) is 13.0. The van der Waals surface area contributed by atoms with Gasteiger partial charge in [-0.1, -0.05) is 18.7 Å². The van der Waals surface area contributed by atoms with Crippen LogP contribution in [0.1, 0.15) is 30.0 Å². The number of nitrogens with two attached hydrogens (primary N) is 1. The Labute approximate surface area is 226 Å². The fourth-order valence-corrected chi connectivity index (χ4v) is 5.91. The number of carbonyl (C=O) groups is 1. The number of aliphatic imine (C=N–C) groups is 1. The predicted molar refractivity (Wildman–Crippen MR) is 149 cm³/mol. The molecule has 6 rings (SSSR count). The van der Waals surface area contributed by atoms with E-state index < -0.39 is 0 Å². The first kappa shape index (κ1) is 24.7. The number of benzene rings is 1. The van der Waals surface area contributed by atoms with E-state index in [0.717, 1.165) is 59.3 Å². The van der Waals surface area contributed by atoms with Gasteiger partial charge in [0.1, 0.15) is 17.8 Å². The van der Waals surface area contributed by atoms with Crippen LogP contribution in [-0.2, 0) is 9.53 Å². The van der Waals surface area contributed by atoms with Gasteiger partial charge in [-0.25, -0.2) is 19.6 Å². The number of likely N-dealkylation sites (tertiary alicyclic amines) is 1. The fourth-order valence-electron chi connectivity index (χ4n) is 5.91. The monoisotopic (exact) mass is 522 g/mol. The van der Waals surface area contributed by atoms with Crippen LogP contribution in [0.2, 0.25) is 0 Å². The topological polar surface area (TPSA) is 124 Å². The number of fused-ring (bicyclic) bond motifs is 2. The average molecular weight is 523 g/mol. The number of ether oxygens (including phenoxy) is 1. The van der Waals surface area contributed by atoms with Crippen LogP contribution in [-0.4, -0.2) is 61.6 Å². The number of rotatable bonds is 5. The summed E-state index contributed by atoms with van der Waals surface area (Å²) in [5, 5.41) is 5.78. The molecule has 10 heteroatoms. The molecule has 4 aromatic rings. The number of hydrogen-bond donors (Lipinski definition) is 1. The zero-order valence-corrected chi connectivity index (χ0v) is 22.0. The van der Waals surface area contributed by atoms with E-state index in [-0.39, 0.29) is 11.9 Å². The van der Waals surface area contributed by atoms with E-state index in [0.29, 0.717) is 29.4 Å². The molecule has 3 aromatic heterocycles. The highest BCUT2D eigenvalue weighted by Gasteiger charge is 2.43. The first-order chi connectivity index (χ1) is 18.9. The summed E-state index contributed by atoms with van der Waals surface area (Å²) in [4.78, 5) is 31.7. The van der Waals surface area contributed by atoms with Crippen molar-refractivity contribution in [1.29, 1.82) is 0 Å². The molecule has 2 fully saturated rings. The summed E-state index contributed by atoms with van der Waals surface area (Å²) in [5.41, 5.74) is 10.6. The van der Waals surface area contributed by atoms with Gasteiger partial charge in [0.15, 0.2) is 11.5 Å². The fraction of sp³-hybridized carbons (Fsp3) is 0.310. The van der Waals surface area contributed by atoms with Crippen molar-refractivity contribution < 1.29 is 9.53 Å². The Morgan fingerprint density at radius 2 is 1.87 bits per heavy atom. The van der Waals surface area contributed by atoms with E-state index in [1.54, 1.807) is 13.3 Å². The Balaban J connectivity index is 1.31. The van der Waals surface area contributed by atoms with Crippen LogP contribution in [0, 0.1) is 18.8 Å². The number of nitrogens with zero attached hydrogens (tertiary/aromatic N) is 7. The maximum absolute atomic E-state index is 12.1. The molecule has 0 radical (unpaired) electrons. The summed E-state index contributed by atoms with van der Waals surface area (Å²) < 4.78 is 7.59. The quantitative estimate of drug-likeness (QED) is 0.238. The van der Waals surface area contributed by atoms with Gasteiger partial charge in [-0.3, -0.25) is 4.79 Å². The zero-order chi connectivity index (χ0) is 27.1. The van der Waals surface area contributed by atoms with Crippen molar-refractivity contribution in [2.45, 2.75) is 25.8 Å². The van der Waals surface area contributed by atoms with Gasteiger partial charge < -0.3 is 15.4 Å². The average Bonchev–Trinajstić information content (AvgIpc) is 3.64. The molecule has 1 saturated carbocycles. The molecule has 2 atom stereocenters. The Hall–Kier alpha value is -4.60. The molecule has 1 amide bonds. The number of methoxy groups -OCH3 is 1. The Kier molecular flexibility index (Phi) is 6.30. The minimum absolute atomic E-state index is 0.00792. The van der Waals surface area contributed by atoms with E-state index in [1.807, 2.05) is 52.9 Å². The third kappa shape index (κ3) is 4.52. The Bertz CT molecular complexity index is 1580. The van der Waals surface area contributed by atoms with E-state index in [4.69, 9.17) is 15.6 Å². The van der Waals surface area contributed by atoms with E-state index in [9.17, 15) is 4.79 Å². The predicted octanol–water partition coefficient (Wildman–Crippen LogP) is 4.10. The molecule has 0 bridgehead atoms. The number of aromatic nitrogens is 5. The molecule has 2 aliphatic rings. The summed E-state index contributed by atoms with van der Waals surface area (Å²) in [7, 11) is 1.60. The lowest BCUT2D eigenvalue weighted by atomic mass is 10.0. The molecule has 198 valence electrons. The van der Waals surface area contributed by atoms with Crippen molar-refractivity contribution in [2.75, 3.05) is 25.9 Å². The van der Waals surface area contributed by atoms with Crippen molar-refractivity contribution in [1.82, 2.24) is 29.6 Å². The number of amides is 1. The van der Waals surface area contributed by atoms with Gasteiger partial charge >= 0.3 is 0 Å². The molecule has 1 saturated heterocycles. The molecule has 2 N–H and O–H groups in total. The molecule has 1 aliphatic carbocycles. The minimum Gasteiger partial charge on any atom is -0.481 e. The first-order valence-corrected chi connectivity index (χ1v) is 13.0. The van der Waals surface area contributed by atoms with Gasteiger partial charge in [0, 0.05) is 30.4 Å². The highest BCUT2D eigenvalue weighted by Crippen LogP contribution is 2.45. The van der Waals surface area contributed by atoms with Gasteiger partial charge in [0.2, 0.25) is 11.8 Å². The highest BCUT2D eigenvalue weighted by atomic mass is 16.5. The van der Waals surface area contributed by atoms with Crippen LogP contribution in [0.25, 0.3) is 22.3 Å². The van der Waals surface area contributed by atoms with Crippen LogP contribution in [0.15, 0.2) is 66.6 Å². The van der Waals surface area contributed by atoms with E-state index >= 15 is 0 Å². The normalized spacial score (nSPS) is 20.8. The van der Waals surface area contributed by atoms with Crippen LogP contribution >= 0.6 is 0 Å². The lowest BCUT2D eigenvalue weighted by molar-refractivity contribution is -0.125. The van der Waals surface area contributed by atoms with Gasteiger partial charge in [0.25, 0.3) is 0 Å². The van der Waals surface area contributed by atoms with E-state index in [2.05, 4.69) is 26.5 Å². The summed E-state index contributed by atoms with van der Waals surface area (Å²) in [5.74, 6) is 2.34. The number of aryl methyl sites for hydroxylation is 1. The summed E-state index contributed by atoms with van der Waals surface area (Å²) in [6, 6.07) is 11.9. The maximum Gasteiger partial charge on any atom is 0.245 e. The van der Waals surface area contributed by atoms with Crippen LogP contribution in [0.3, 0.4) is 0 Å². The van der Waals surface area contributed by atoms with Crippen molar-refractivity contribution >= 4 is 34.5 Å².